The fourth-order valence-corrected chi connectivity index (χ4v) is 4.61. The molecule has 4 aromatic rings. The molecule has 4 rings (SSSR count). The minimum absolute atomic E-state index is 0.197. The summed E-state index contributed by atoms with van der Waals surface area (Å²) in [6.45, 7) is 0.537. The lowest BCUT2D eigenvalue weighted by Crippen LogP contribution is -2.03. The second kappa shape index (κ2) is 11.3. The number of halogens is 2. The Labute approximate surface area is 219 Å². The second-order valence-corrected chi connectivity index (χ2v) is 9.28. The summed E-state index contributed by atoms with van der Waals surface area (Å²) in [5.41, 5.74) is 4.73. The van der Waals surface area contributed by atoms with Crippen molar-refractivity contribution in [2.24, 2.45) is 0 Å². The van der Waals surface area contributed by atoms with E-state index in [9.17, 15) is 4.79 Å². The lowest BCUT2D eigenvalue weighted by molar-refractivity contribution is 0.111. The SMILES string of the molecule is N#Cc1cc(COc2cc(OCc3cccc(-c4ccccc4)c3Br)c(I)cc2C=O)ccn1. The van der Waals surface area contributed by atoms with E-state index in [2.05, 4.69) is 61.7 Å². The van der Waals surface area contributed by atoms with Gasteiger partial charge in [-0.05, 0) is 73.4 Å². The predicted octanol–water partition coefficient (Wildman–Crippen LogP) is 6.96. The summed E-state index contributed by atoms with van der Waals surface area (Å²) in [7, 11) is 0. The van der Waals surface area contributed by atoms with Crippen molar-refractivity contribution in [2.75, 3.05) is 0 Å². The van der Waals surface area contributed by atoms with E-state index < -0.39 is 0 Å². The maximum atomic E-state index is 11.6. The first kappa shape index (κ1) is 23.9. The van der Waals surface area contributed by atoms with Gasteiger partial charge in [0.25, 0.3) is 0 Å². The molecule has 1 heterocycles. The van der Waals surface area contributed by atoms with Crippen molar-refractivity contribution in [3.63, 3.8) is 0 Å². The van der Waals surface area contributed by atoms with Gasteiger partial charge in [0, 0.05) is 22.3 Å². The van der Waals surface area contributed by atoms with Crippen LogP contribution >= 0.6 is 38.5 Å². The lowest BCUT2D eigenvalue weighted by Gasteiger charge is -2.15. The summed E-state index contributed by atoms with van der Waals surface area (Å²) in [6.07, 6.45) is 2.32. The van der Waals surface area contributed by atoms with E-state index in [0.717, 1.165) is 36.6 Å². The molecule has 0 unspecified atom stereocenters. The second-order valence-electron chi connectivity index (χ2n) is 7.32. The lowest BCUT2D eigenvalue weighted by atomic mass is 10.0. The van der Waals surface area contributed by atoms with E-state index in [1.807, 2.05) is 36.4 Å². The number of hydrogen-bond donors (Lipinski definition) is 0. The van der Waals surface area contributed by atoms with Crippen LogP contribution in [0.5, 0.6) is 11.5 Å². The summed E-state index contributed by atoms with van der Waals surface area (Å²) in [4.78, 5) is 15.6. The Bertz CT molecular complexity index is 1370. The van der Waals surface area contributed by atoms with E-state index in [4.69, 9.17) is 14.7 Å². The van der Waals surface area contributed by atoms with Gasteiger partial charge in [-0.1, -0.05) is 48.5 Å². The smallest absolute Gasteiger partial charge is 0.153 e. The van der Waals surface area contributed by atoms with Crippen LogP contribution in [0, 0.1) is 14.9 Å². The Morgan fingerprint density at radius 1 is 0.971 bits per heavy atom. The molecule has 7 heteroatoms. The molecule has 0 bridgehead atoms. The molecule has 0 spiro atoms. The number of aldehydes is 1. The number of hydrogen-bond acceptors (Lipinski definition) is 5. The van der Waals surface area contributed by atoms with E-state index in [1.54, 1.807) is 30.5 Å². The van der Waals surface area contributed by atoms with Crippen LogP contribution in [-0.4, -0.2) is 11.3 Å². The maximum Gasteiger partial charge on any atom is 0.153 e. The third-order valence-electron chi connectivity index (χ3n) is 5.07. The number of nitriles is 1. The molecule has 5 nitrogen and oxygen atoms in total. The van der Waals surface area contributed by atoms with E-state index >= 15 is 0 Å². The highest BCUT2D eigenvalue weighted by molar-refractivity contribution is 14.1. The van der Waals surface area contributed by atoms with Crippen molar-refractivity contribution >= 4 is 44.8 Å². The molecule has 0 saturated heterocycles. The normalized spacial score (nSPS) is 10.4. The molecule has 0 fully saturated rings. The highest BCUT2D eigenvalue weighted by Gasteiger charge is 2.13. The quantitative estimate of drug-likeness (QED) is 0.157. The zero-order valence-electron chi connectivity index (χ0n) is 17.9. The largest absolute Gasteiger partial charge is 0.488 e. The highest BCUT2D eigenvalue weighted by Crippen LogP contribution is 2.34. The van der Waals surface area contributed by atoms with Gasteiger partial charge in [-0.25, -0.2) is 4.98 Å². The monoisotopic (exact) mass is 624 g/mol. The van der Waals surface area contributed by atoms with Crippen molar-refractivity contribution in [3.8, 4) is 28.7 Å². The molecular formula is C27H18BrIN2O3. The van der Waals surface area contributed by atoms with Crippen LogP contribution in [0.25, 0.3) is 11.1 Å². The van der Waals surface area contributed by atoms with Crippen LogP contribution < -0.4 is 9.47 Å². The third kappa shape index (κ3) is 5.64. The number of aromatic nitrogens is 1. The molecule has 0 saturated carbocycles. The van der Waals surface area contributed by atoms with E-state index in [-0.39, 0.29) is 6.61 Å². The Morgan fingerprint density at radius 3 is 2.53 bits per heavy atom. The van der Waals surface area contributed by atoms with Gasteiger partial charge in [0.1, 0.15) is 36.5 Å². The van der Waals surface area contributed by atoms with Gasteiger partial charge in [0.05, 0.1) is 9.13 Å². The molecule has 0 amide bonds. The van der Waals surface area contributed by atoms with E-state index in [0.29, 0.717) is 29.4 Å². The topological polar surface area (TPSA) is 72.2 Å². The first-order valence-electron chi connectivity index (χ1n) is 10.3. The highest BCUT2D eigenvalue weighted by atomic mass is 127. The van der Waals surface area contributed by atoms with Crippen molar-refractivity contribution in [3.05, 3.63) is 109 Å². The van der Waals surface area contributed by atoms with Crippen LogP contribution in [0.1, 0.15) is 27.2 Å². The molecule has 0 radical (unpaired) electrons. The van der Waals surface area contributed by atoms with Crippen LogP contribution in [0.4, 0.5) is 0 Å². The summed E-state index contributed by atoms with van der Waals surface area (Å²) in [5.74, 6) is 1.03. The number of ether oxygens (including phenoxy) is 2. The summed E-state index contributed by atoms with van der Waals surface area (Å²) >= 11 is 5.88. The Kier molecular flexibility index (Phi) is 7.93. The average Bonchev–Trinajstić information content (AvgIpc) is 2.88. The average molecular weight is 625 g/mol. The van der Waals surface area contributed by atoms with Gasteiger partial charge in [-0.15, -0.1) is 0 Å². The minimum atomic E-state index is 0.197. The van der Waals surface area contributed by atoms with Crippen LogP contribution in [0.3, 0.4) is 0 Å². The molecule has 0 aliphatic heterocycles. The fourth-order valence-electron chi connectivity index (χ4n) is 3.35. The third-order valence-corrected chi connectivity index (χ3v) is 6.85. The van der Waals surface area contributed by atoms with Gasteiger partial charge in [-0.3, -0.25) is 4.79 Å². The number of carbonyl (C=O) groups is 1. The van der Waals surface area contributed by atoms with Crippen LogP contribution in [0.15, 0.2) is 83.5 Å². The number of nitrogens with zero attached hydrogens (tertiary/aromatic N) is 2. The molecule has 0 N–H and O–H groups in total. The van der Waals surface area contributed by atoms with Gasteiger partial charge in [-0.2, -0.15) is 5.26 Å². The molecule has 168 valence electrons. The molecule has 3 aromatic carbocycles. The molecule has 1 aromatic heterocycles. The maximum absolute atomic E-state index is 11.6. The summed E-state index contributed by atoms with van der Waals surface area (Å²) in [6, 6.07) is 25.1. The number of carbonyl (C=O) groups excluding carboxylic acids is 1. The van der Waals surface area contributed by atoms with Crippen molar-refractivity contribution < 1.29 is 14.3 Å². The van der Waals surface area contributed by atoms with Gasteiger partial charge in [0.15, 0.2) is 6.29 Å². The Balaban J connectivity index is 1.54. The Hall–Kier alpha value is -3.22. The van der Waals surface area contributed by atoms with E-state index in [1.165, 1.54) is 0 Å². The van der Waals surface area contributed by atoms with Crippen LogP contribution in [0.2, 0.25) is 0 Å². The molecule has 0 aliphatic rings. The number of rotatable bonds is 8. The minimum Gasteiger partial charge on any atom is -0.488 e. The fraction of sp³-hybridized carbons (Fsp3) is 0.0741. The molecule has 34 heavy (non-hydrogen) atoms. The summed E-state index contributed by atoms with van der Waals surface area (Å²) < 4.78 is 13.8. The van der Waals surface area contributed by atoms with Crippen molar-refractivity contribution in [2.45, 2.75) is 13.2 Å². The van der Waals surface area contributed by atoms with Gasteiger partial charge >= 0.3 is 0 Å². The number of benzene rings is 3. The number of pyridine rings is 1. The first-order chi connectivity index (χ1) is 16.6. The standard InChI is InChI=1S/C27H18BrIN2O3/c28-27-20(7-4-8-23(27)19-5-2-1-3-6-19)17-34-26-13-25(21(15-32)12-24(26)29)33-16-18-9-10-31-22(11-18)14-30/h1-13,15H,16-17H2. The Morgan fingerprint density at radius 2 is 1.76 bits per heavy atom. The zero-order valence-corrected chi connectivity index (χ0v) is 21.6. The molecule has 0 atom stereocenters. The van der Waals surface area contributed by atoms with Crippen molar-refractivity contribution in [1.82, 2.24) is 4.98 Å². The first-order valence-corrected chi connectivity index (χ1v) is 12.2. The van der Waals surface area contributed by atoms with Crippen LogP contribution in [-0.2, 0) is 13.2 Å². The summed E-state index contributed by atoms with van der Waals surface area (Å²) in [5, 5.41) is 9.03. The van der Waals surface area contributed by atoms with Gasteiger partial charge < -0.3 is 9.47 Å². The predicted molar refractivity (Wildman–Crippen MR) is 142 cm³/mol. The molecular weight excluding hydrogens is 607 g/mol. The van der Waals surface area contributed by atoms with Crippen molar-refractivity contribution in [1.29, 1.82) is 5.26 Å². The molecule has 0 aliphatic carbocycles. The zero-order chi connectivity index (χ0) is 23.9. The van der Waals surface area contributed by atoms with Gasteiger partial charge in [0.2, 0.25) is 0 Å².